The molecule has 0 saturated heterocycles. The van der Waals surface area contributed by atoms with Gasteiger partial charge in [-0.3, -0.25) is 0 Å². The largest absolute Gasteiger partial charge is 0.439 e. The van der Waals surface area contributed by atoms with Crippen LogP contribution in [0.1, 0.15) is 23.6 Å². The van der Waals surface area contributed by atoms with Gasteiger partial charge in [0.05, 0.1) is 5.69 Å². The third-order valence-electron chi connectivity index (χ3n) is 4.59. The van der Waals surface area contributed by atoms with E-state index in [4.69, 9.17) is 4.42 Å². The number of fused-ring (bicyclic) bond motifs is 2. The number of oxazole rings is 1. The van der Waals surface area contributed by atoms with Crippen LogP contribution in [0.3, 0.4) is 0 Å². The van der Waals surface area contributed by atoms with Crippen molar-refractivity contribution in [2.24, 2.45) is 0 Å². The van der Waals surface area contributed by atoms with Crippen molar-refractivity contribution in [3.05, 3.63) is 41.2 Å². The molecule has 0 aromatic carbocycles. The molecule has 0 bridgehead atoms. The Balaban J connectivity index is 1.55. The maximum Gasteiger partial charge on any atom is 0.254 e. The van der Waals surface area contributed by atoms with Gasteiger partial charge in [-0.25, -0.2) is 18.7 Å². The highest BCUT2D eigenvalue weighted by molar-refractivity contribution is 7.18. The van der Waals surface area contributed by atoms with Crippen molar-refractivity contribution >= 4 is 32.8 Å². The van der Waals surface area contributed by atoms with E-state index in [1.54, 1.807) is 19.2 Å². The number of aromatic nitrogens is 3. The Bertz CT molecular complexity index is 1160. The zero-order valence-electron chi connectivity index (χ0n) is 13.7. The summed E-state index contributed by atoms with van der Waals surface area (Å²) in [5.41, 5.74) is 1.14. The predicted octanol–water partition coefficient (Wildman–Crippen LogP) is 4.42. The summed E-state index contributed by atoms with van der Waals surface area (Å²) in [7, 11) is 0. The first-order valence-corrected chi connectivity index (χ1v) is 8.88. The van der Waals surface area contributed by atoms with Crippen molar-refractivity contribution in [1.82, 2.24) is 15.0 Å². The minimum atomic E-state index is -2.79. The number of aryl methyl sites for hydroxylation is 1. The van der Waals surface area contributed by atoms with E-state index in [0.29, 0.717) is 32.5 Å². The summed E-state index contributed by atoms with van der Waals surface area (Å²) in [6.07, 6.45) is 0.600. The van der Waals surface area contributed by atoms with Gasteiger partial charge in [0.2, 0.25) is 0 Å². The van der Waals surface area contributed by atoms with Gasteiger partial charge < -0.3 is 9.52 Å². The van der Waals surface area contributed by atoms with Crippen molar-refractivity contribution in [3.63, 3.8) is 0 Å². The molecule has 0 amide bonds. The lowest BCUT2D eigenvalue weighted by molar-refractivity contribution is -0.208. The Kier molecular flexibility index (Phi) is 3.06. The van der Waals surface area contributed by atoms with Gasteiger partial charge >= 0.3 is 0 Å². The molecule has 1 fully saturated rings. The van der Waals surface area contributed by atoms with Crippen molar-refractivity contribution in [2.45, 2.75) is 31.3 Å². The molecule has 4 aromatic rings. The number of hydrogen-bond acceptors (Lipinski definition) is 6. The Labute approximate surface area is 150 Å². The normalized spacial score (nSPS) is 18.3. The average Bonchev–Trinajstić information content (AvgIpc) is 3.13. The van der Waals surface area contributed by atoms with E-state index in [9.17, 15) is 13.9 Å². The standard InChI is InChI=1S/C18H13F2N3O2S/c1-9-22-15-13(25-9)4-11(6-21-15)12-3-2-10-5-14(26-16(10)23-12)17(24)7-18(19,20)8-17/h2-6,24H,7-8H2,1H3. The van der Waals surface area contributed by atoms with Gasteiger partial charge in [-0.05, 0) is 24.3 Å². The van der Waals surface area contributed by atoms with E-state index in [2.05, 4.69) is 15.0 Å². The molecule has 5 nitrogen and oxygen atoms in total. The first-order valence-electron chi connectivity index (χ1n) is 8.06. The van der Waals surface area contributed by atoms with Crippen LogP contribution in [0, 0.1) is 6.92 Å². The van der Waals surface area contributed by atoms with Crippen molar-refractivity contribution in [3.8, 4) is 11.3 Å². The molecule has 0 spiro atoms. The molecule has 5 rings (SSSR count). The SMILES string of the molecule is Cc1nc2ncc(-c3ccc4cc(C5(O)CC(F)(F)C5)sc4n3)cc2o1. The van der Waals surface area contributed by atoms with E-state index in [1.165, 1.54) is 11.3 Å². The lowest BCUT2D eigenvalue weighted by Gasteiger charge is -2.42. The van der Waals surface area contributed by atoms with Crippen LogP contribution in [0.2, 0.25) is 0 Å². The molecule has 1 N–H and O–H groups in total. The van der Waals surface area contributed by atoms with Crippen molar-refractivity contribution < 1.29 is 18.3 Å². The smallest absolute Gasteiger partial charge is 0.254 e. The molecule has 0 atom stereocenters. The fourth-order valence-electron chi connectivity index (χ4n) is 3.35. The summed E-state index contributed by atoms with van der Waals surface area (Å²) in [6, 6.07) is 7.27. The van der Waals surface area contributed by atoms with Gasteiger partial charge in [0.15, 0.2) is 17.1 Å². The fourth-order valence-corrected chi connectivity index (χ4v) is 4.47. The van der Waals surface area contributed by atoms with Gasteiger partial charge in [0, 0.05) is 41.8 Å². The molecule has 1 aliphatic rings. The highest BCUT2D eigenvalue weighted by atomic mass is 32.1. The van der Waals surface area contributed by atoms with Crippen LogP contribution in [0.5, 0.6) is 0 Å². The Morgan fingerprint density at radius 3 is 2.77 bits per heavy atom. The number of aliphatic hydroxyl groups is 1. The number of pyridine rings is 2. The Morgan fingerprint density at radius 2 is 2.00 bits per heavy atom. The minimum absolute atomic E-state index is 0.530. The van der Waals surface area contributed by atoms with Crippen LogP contribution in [0.4, 0.5) is 8.78 Å². The molecule has 0 radical (unpaired) electrons. The maximum atomic E-state index is 13.2. The maximum absolute atomic E-state index is 13.2. The molecule has 26 heavy (non-hydrogen) atoms. The molecule has 4 aromatic heterocycles. The molecule has 0 aliphatic heterocycles. The van der Waals surface area contributed by atoms with Gasteiger partial charge in [-0.2, -0.15) is 4.98 Å². The van der Waals surface area contributed by atoms with Crippen LogP contribution >= 0.6 is 11.3 Å². The third-order valence-corrected chi connectivity index (χ3v) is 5.83. The number of hydrogen-bond donors (Lipinski definition) is 1. The molecule has 1 aliphatic carbocycles. The van der Waals surface area contributed by atoms with Gasteiger partial charge in [0.25, 0.3) is 5.92 Å². The van der Waals surface area contributed by atoms with E-state index in [1.807, 2.05) is 18.2 Å². The molecule has 0 unspecified atom stereocenters. The van der Waals surface area contributed by atoms with Crippen molar-refractivity contribution in [1.29, 1.82) is 0 Å². The summed E-state index contributed by atoms with van der Waals surface area (Å²) in [5.74, 6) is -2.25. The lowest BCUT2D eigenvalue weighted by Crippen LogP contribution is -2.48. The number of nitrogens with zero attached hydrogens (tertiary/aromatic N) is 3. The average molecular weight is 373 g/mol. The zero-order chi connectivity index (χ0) is 18.1. The Hall–Kier alpha value is -2.45. The first kappa shape index (κ1) is 15.8. The first-order chi connectivity index (χ1) is 12.3. The minimum Gasteiger partial charge on any atom is -0.439 e. The number of rotatable bonds is 2. The quantitative estimate of drug-likeness (QED) is 0.563. The Morgan fingerprint density at radius 1 is 1.19 bits per heavy atom. The van der Waals surface area contributed by atoms with Crippen LogP contribution in [-0.2, 0) is 5.60 Å². The number of thiophene rings is 1. The topological polar surface area (TPSA) is 72.0 Å². The van der Waals surface area contributed by atoms with Gasteiger partial charge in [-0.1, -0.05) is 0 Å². The van der Waals surface area contributed by atoms with Crippen molar-refractivity contribution in [2.75, 3.05) is 0 Å². The second-order valence-electron chi connectivity index (χ2n) is 6.72. The number of halogens is 2. The van der Waals surface area contributed by atoms with Crippen LogP contribution in [-0.4, -0.2) is 26.0 Å². The summed E-state index contributed by atoms with van der Waals surface area (Å²) in [4.78, 5) is 14.3. The van der Waals surface area contributed by atoms with Crippen LogP contribution < -0.4 is 0 Å². The monoisotopic (exact) mass is 373 g/mol. The molecule has 132 valence electrons. The van der Waals surface area contributed by atoms with Crippen LogP contribution in [0.25, 0.3) is 32.7 Å². The van der Waals surface area contributed by atoms with E-state index >= 15 is 0 Å². The highest BCUT2D eigenvalue weighted by Crippen LogP contribution is 2.53. The predicted molar refractivity (Wildman–Crippen MR) is 93.2 cm³/mol. The highest BCUT2D eigenvalue weighted by Gasteiger charge is 2.57. The molecule has 1 saturated carbocycles. The molecular formula is C18H13F2N3O2S. The summed E-state index contributed by atoms with van der Waals surface area (Å²) >= 11 is 1.25. The zero-order valence-corrected chi connectivity index (χ0v) is 14.5. The van der Waals surface area contributed by atoms with Crippen LogP contribution in [0.15, 0.2) is 34.9 Å². The second-order valence-corrected chi connectivity index (χ2v) is 7.75. The molecule has 4 heterocycles. The summed E-state index contributed by atoms with van der Waals surface area (Å²) < 4.78 is 31.9. The summed E-state index contributed by atoms with van der Waals surface area (Å²) in [6.45, 7) is 1.76. The van der Waals surface area contributed by atoms with E-state index in [0.717, 1.165) is 10.9 Å². The van der Waals surface area contributed by atoms with E-state index in [-0.39, 0.29) is 0 Å². The molecule has 8 heteroatoms. The third kappa shape index (κ3) is 2.40. The fraction of sp³-hybridized carbons (Fsp3) is 0.278. The van der Waals surface area contributed by atoms with Gasteiger partial charge in [-0.15, -0.1) is 11.3 Å². The summed E-state index contributed by atoms with van der Waals surface area (Å²) in [5, 5.41) is 11.2. The second kappa shape index (κ2) is 5.05. The number of alkyl halides is 2. The van der Waals surface area contributed by atoms with Gasteiger partial charge in [0.1, 0.15) is 10.4 Å². The lowest BCUT2D eigenvalue weighted by atomic mass is 9.75. The van der Waals surface area contributed by atoms with E-state index < -0.39 is 24.4 Å². The molecular weight excluding hydrogens is 360 g/mol.